The van der Waals surface area contributed by atoms with E-state index in [0.717, 1.165) is 33.8 Å². The zero-order chi connectivity index (χ0) is 23.5. The van der Waals surface area contributed by atoms with Crippen molar-refractivity contribution in [3.63, 3.8) is 0 Å². The molecule has 2 N–H and O–H groups in total. The fourth-order valence-electron chi connectivity index (χ4n) is 3.85. The first-order chi connectivity index (χ1) is 15.9. The Morgan fingerprint density at radius 2 is 1.73 bits per heavy atom. The lowest BCUT2D eigenvalue weighted by molar-refractivity contribution is 0.0978. The van der Waals surface area contributed by atoms with Crippen molar-refractivity contribution in [2.75, 3.05) is 12.8 Å². The number of ketones is 1. The number of rotatable bonds is 7. The summed E-state index contributed by atoms with van der Waals surface area (Å²) in [6, 6.07) is 11.5. The summed E-state index contributed by atoms with van der Waals surface area (Å²) in [5.41, 5.74) is 11.8. The van der Waals surface area contributed by atoms with Crippen LogP contribution in [-0.2, 0) is 13.5 Å². The molecule has 8 nitrogen and oxygen atoms in total. The van der Waals surface area contributed by atoms with Crippen LogP contribution in [0.4, 0.5) is 5.82 Å². The van der Waals surface area contributed by atoms with Crippen molar-refractivity contribution < 1.29 is 9.53 Å². The molecule has 0 aliphatic carbocycles. The Balaban J connectivity index is 1.75. The van der Waals surface area contributed by atoms with Crippen molar-refractivity contribution in [2.24, 2.45) is 7.05 Å². The number of nitrogens with two attached hydrogens (primary N) is 1. The Morgan fingerprint density at radius 3 is 2.39 bits per heavy atom. The zero-order valence-electron chi connectivity index (χ0n) is 19.2. The number of hydrogen-bond donors (Lipinski definition) is 1. The van der Waals surface area contributed by atoms with Gasteiger partial charge in [0.15, 0.2) is 11.6 Å². The summed E-state index contributed by atoms with van der Waals surface area (Å²) in [6.07, 6.45) is 4.30. The van der Waals surface area contributed by atoms with E-state index in [0.29, 0.717) is 17.8 Å². The van der Waals surface area contributed by atoms with E-state index in [1.807, 2.05) is 63.5 Å². The molecule has 0 unspecified atom stereocenters. The van der Waals surface area contributed by atoms with Crippen LogP contribution in [0.3, 0.4) is 0 Å². The minimum Gasteiger partial charge on any atom is -0.496 e. The maximum absolute atomic E-state index is 13.2. The van der Waals surface area contributed by atoms with Crippen LogP contribution in [0.25, 0.3) is 22.5 Å². The van der Waals surface area contributed by atoms with Gasteiger partial charge in [0.2, 0.25) is 0 Å². The van der Waals surface area contributed by atoms with Crippen molar-refractivity contribution >= 4 is 11.6 Å². The molecule has 0 aliphatic heterocycles. The van der Waals surface area contributed by atoms with E-state index >= 15 is 0 Å². The van der Waals surface area contributed by atoms with E-state index in [1.54, 1.807) is 18.0 Å². The zero-order valence-corrected chi connectivity index (χ0v) is 19.2. The average Bonchev–Trinajstić information content (AvgIpc) is 3.22. The number of nitrogens with zero attached hydrogens (tertiary/aromatic N) is 5. The highest BCUT2D eigenvalue weighted by atomic mass is 16.5. The Bertz CT molecular complexity index is 1310. The maximum atomic E-state index is 13.2. The molecular weight excluding hydrogens is 416 g/mol. The van der Waals surface area contributed by atoms with Crippen molar-refractivity contribution in [1.82, 2.24) is 24.7 Å². The summed E-state index contributed by atoms with van der Waals surface area (Å²) >= 11 is 0. The number of nitrogen functional groups attached to an aromatic ring is 1. The van der Waals surface area contributed by atoms with E-state index < -0.39 is 0 Å². The number of para-hydroxylation sites is 1. The largest absolute Gasteiger partial charge is 0.496 e. The average molecular weight is 443 g/mol. The molecule has 33 heavy (non-hydrogen) atoms. The first kappa shape index (κ1) is 22.1. The lowest BCUT2D eigenvalue weighted by atomic mass is 10.0. The van der Waals surface area contributed by atoms with Gasteiger partial charge in [0.25, 0.3) is 0 Å². The van der Waals surface area contributed by atoms with E-state index in [1.165, 1.54) is 0 Å². The SMILES string of the molecule is COc1ccccc1CCC(=O)c1nc(-c2cc(C)nc(C)c2)c(-c2cnn(C)c2)nc1N. The minimum atomic E-state index is -0.174. The van der Waals surface area contributed by atoms with Crippen LogP contribution in [0.5, 0.6) is 5.75 Å². The van der Waals surface area contributed by atoms with Gasteiger partial charge in [-0.2, -0.15) is 5.10 Å². The first-order valence-corrected chi connectivity index (χ1v) is 10.6. The third kappa shape index (κ3) is 4.74. The van der Waals surface area contributed by atoms with Gasteiger partial charge >= 0.3 is 0 Å². The lowest BCUT2D eigenvalue weighted by Gasteiger charge is -2.13. The molecule has 0 bridgehead atoms. The molecule has 0 amide bonds. The number of aromatic nitrogens is 5. The van der Waals surface area contributed by atoms with Gasteiger partial charge in [-0.3, -0.25) is 14.5 Å². The van der Waals surface area contributed by atoms with Gasteiger partial charge in [0, 0.05) is 42.2 Å². The Hall–Kier alpha value is -4.07. The van der Waals surface area contributed by atoms with Crippen LogP contribution in [-0.4, -0.2) is 37.6 Å². The lowest BCUT2D eigenvalue weighted by Crippen LogP contribution is -2.12. The number of benzene rings is 1. The number of ether oxygens (including phenoxy) is 1. The monoisotopic (exact) mass is 442 g/mol. The highest BCUT2D eigenvalue weighted by molar-refractivity contribution is 5.99. The number of carbonyl (C=O) groups excluding carboxylic acids is 1. The summed E-state index contributed by atoms with van der Waals surface area (Å²) < 4.78 is 7.08. The Labute approximate surface area is 192 Å². The number of methoxy groups -OCH3 is 1. The molecule has 0 saturated carbocycles. The van der Waals surface area contributed by atoms with Gasteiger partial charge in [-0.25, -0.2) is 9.97 Å². The molecule has 3 aromatic heterocycles. The quantitative estimate of drug-likeness (QED) is 0.431. The van der Waals surface area contributed by atoms with Crippen LogP contribution in [0, 0.1) is 13.8 Å². The van der Waals surface area contributed by atoms with E-state index in [2.05, 4.69) is 15.1 Å². The second-order valence-corrected chi connectivity index (χ2v) is 7.93. The van der Waals surface area contributed by atoms with Crippen molar-refractivity contribution in [2.45, 2.75) is 26.7 Å². The molecule has 168 valence electrons. The summed E-state index contributed by atoms with van der Waals surface area (Å²) in [6.45, 7) is 3.84. The van der Waals surface area contributed by atoms with Crippen LogP contribution in [0.15, 0.2) is 48.8 Å². The summed E-state index contributed by atoms with van der Waals surface area (Å²) in [7, 11) is 3.45. The highest BCUT2D eigenvalue weighted by Crippen LogP contribution is 2.32. The molecule has 1 aromatic carbocycles. The van der Waals surface area contributed by atoms with Crippen LogP contribution in [0.2, 0.25) is 0 Å². The van der Waals surface area contributed by atoms with Crippen LogP contribution >= 0.6 is 0 Å². The molecule has 0 spiro atoms. The van der Waals surface area contributed by atoms with Gasteiger partial charge in [-0.05, 0) is 44.0 Å². The number of Topliss-reactive ketones (excluding diaryl/α,β-unsaturated/α-hetero) is 1. The normalized spacial score (nSPS) is 10.9. The molecular formula is C25H26N6O2. The van der Waals surface area contributed by atoms with Crippen LogP contribution in [0.1, 0.15) is 33.9 Å². The molecule has 0 atom stereocenters. The molecule has 8 heteroatoms. The third-order valence-electron chi connectivity index (χ3n) is 5.33. The van der Waals surface area contributed by atoms with Gasteiger partial charge in [-0.1, -0.05) is 18.2 Å². The topological polar surface area (TPSA) is 109 Å². The molecule has 0 saturated heterocycles. The Morgan fingerprint density at radius 1 is 1.03 bits per heavy atom. The summed E-state index contributed by atoms with van der Waals surface area (Å²) in [4.78, 5) is 26.9. The van der Waals surface area contributed by atoms with Crippen molar-refractivity contribution in [1.29, 1.82) is 0 Å². The molecule has 0 radical (unpaired) electrons. The molecule has 4 rings (SSSR count). The fraction of sp³-hybridized carbons (Fsp3) is 0.240. The molecule has 3 heterocycles. The predicted molar refractivity (Wildman–Crippen MR) is 127 cm³/mol. The third-order valence-corrected chi connectivity index (χ3v) is 5.33. The number of aryl methyl sites for hydroxylation is 4. The van der Waals surface area contributed by atoms with Crippen molar-refractivity contribution in [3.05, 3.63) is 71.4 Å². The van der Waals surface area contributed by atoms with E-state index in [9.17, 15) is 4.79 Å². The number of anilines is 1. The summed E-state index contributed by atoms with van der Waals surface area (Å²) in [5, 5.41) is 4.25. The standard InChI is InChI=1S/C25H26N6O2/c1-15-11-18(12-16(2)28-15)22-23(19-13-27-31(3)14-19)30-25(26)24(29-22)20(32)10-9-17-7-5-6-8-21(17)33-4/h5-8,11-14H,9-10H2,1-4H3,(H2,26,30). The van der Waals surface area contributed by atoms with Crippen LogP contribution < -0.4 is 10.5 Å². The predicted octanol–water partition coefficient (Wildman–Crippen LogP) is 3.96. The van der Waals surface area contributed by atoms with Gasteiger partial charge in [0.05, 0.1) is 19.0 Å². The smallest absolute Gasteiger partial charge is 0.185 e. The fourth-order valence-corrected chi connectivity index (χ4v) is 3.85. The van der Waals surface area contributed by atoms with Gasteiger partial charge in [0.1, 0.15) is 17.1 Å². The van der Waals surface area contributed by atoms with Gasteiger partial charge in [-0.15, -0.1) is 0 Å². The van der Waals surface area contributed by atoms with Crippen molar-refractivity contribution in [3.8, 4) is 28.3 Å². The molecule has 0 aliphatic rings. The van der Waals surface area contributed by atoms with Gasteiger partial charge < -0.3 is 10.5 Å². The Kier molecular flexibility index (Phi) is 6.17. The number of carbonyl (C=O) groups is 1. The second kappa shape index (κ2) is 9.20. The number of pyridine rings is 1. The molecule has 4 aromatic rings. The number of hydrogen-bond acceptors (Lipinski definition) is 7. The highest BCUT2D eigenvalue weighted by Gasteiger charge is 2.21. The minimum absolute atomic E-state index is 0.102. The second-order valence-electron chi connectivity index (χ2n) is 7.93. The van der Waals surface area contributed by atoms with E-state index in [-0.39, 0.29) is 23.7 Å². The summed E-state index contributed by atoms with van der Waals surface area (Å²) in [5.74, 6) is 0.678. The maximum Gasteiger partial charge on any atom is 0.185 e. The molecule has 0 fully saturated rings. The van der Waals surface area contributed by atoms with E-state index in [4.69, 9.17) is 15.5 Å². The first-order valence-electron chi connectivity index (χ1n) is 10.6.